The van der Waals surface area contributed by atoms with Crippen LogP contribution < -0.4 is 0 Å². The molecule has 0 unspecified atom stereocenters. The number of hydrogen-bond acceptors (Lipinski definition) is 4. The molecule has 0 N–H and O–H groups in total. The molecule has 2 rings (SSSR count). The van der Waals surface area contributed by atoms with E-state index in [2.05, 4.69) is 15.1 Å². The molecule has 0 atom stereocenters. The highest BCUT2D eigenvalue weighted by Crippen LogP contribution is 2.14. The summed E-state index contributed by atoms with van der Waals surface area (Å²) >= 11 is 0. The summed E-state index contributed by atoms with van der Waals surface area (Å²) in [6.45, 7) is 1.79. The van der Waals surface area contributed by atoms with Gasteiger partial charge in [-0.1, -0.05) is 5.16 Å². The van der Waals surface area contributed by atoms with Crippen LogP contribution in [0.25, 0.3) is 11.5 Å². The van der Waals surface area contributed by atoms with Crippen LogP contribution in [-0.2, 0) is 0 Å². The van der Waals surface area contributed by atoms with Gasteiger partial charge < -0.3 is 4.52 Å². The first-order valence-corrected chi connectivity index (χ1v) is 3.57. The summed E-state index contributed by atoms with van der Waals surface area (Å²) in [5, 5.41) is 3.69. The van der Waals surface area contributed by atoms with E-state index in [-0.39, 0.29) is 0 Å². The number of rotatable bonds is 1. The molecular formula is C8H7N3O. The van der Waals surface area contributed by atoms with Gasteiger partial charge in [0.1, 0.15) is 0 Å². The molecule has 0 saturated heterocycles. The van der Waals surface area contributed by atoms with Gasteiger partial charge in [0.05, 0.1) is 0 Å². The van der Waals surface area contributed by atoms with Gasteiger partial charge in [-0.25, -0.2) is 0 Å². The van der Waals surface area contributed by atoms with Crippen LogP contribution in [0.15, 0.2) is 29.0 Å². The Morgan fingerprint density at radius 3 is 2.58 bits per heavy atom. The monoisotopic (exact) mass is 161 g/mol. The van der Waals surface area contributed by atoms with Crippen LogP contribution in [0, 0.1) is 6.92 Å². The first-order valence-electron chi connectivity index (χ1n) is 3.57. The highest BCUT2D eigenvalue weighted by atomic mass is 16.5. The molecule has 4 heteroatoms. The molecule has 60 valence electrons. The van der Waals surface area contributed by atoms with E-state index >= 15 is 0 Å². The van der Waals surface area contributed by atoms with Crippen molar-refractivity contribution in [2.24, 2.45) is 0 Å². The second-order valence-corrected chi connectivity index (χ2v) is 2.38. The van der Waals surface area contributed by atoms with Crippen LogP contribution in [0.2, 0.25) is 0 Å². The molecule has 0 aliphatic rings. The summed E-state index contributed by atoms with van der Waals surface area (Å²) in [4.78, 5) is 7.96. The van der Waals surface area contributed by atoms with Crippen LogP contribution in [0.1, 0.15) is 5.82 Å². The molecule has 0 spiro atoms. The van der Waals surface area contributed by atoms with Crippen molar-refractivity contribution < 1.29 is 4.52 Å². The molecule has 0 fully saturated rings. The molecule has 0 amide bonds. The van der Waals surface area contributed by atoms with Gasteiger partial charge in [0.15, 0.2) is 5.82 Å². The standard InChI is InChI=1S/C8H7N3O/c1-6-10-8(12-11-6)7-2-4-9-5-3-7/h2-5H,1H3. The molecule has 0 bridgehead atoms. The third-order valence-electron chi connectivity index (χ3n) is 1.45. The maximum Gasteiger partial charge on any atom is 0.258 e. The van der Waals surface area contributed by atoms with Gasteiger partial charge in [-0.2, -0.15) is 4.98 Å². The molecule has 0 aliphatic heterocycles. The lowest BCUT2D eigenvalue weighted by atomic mass is 10.3. The SMILES string of the molecule is Cc1noc(-c2ccncc2)n1. The lowest BCUT2D eigenvalue weighted by molar-refractivity contribution is 0.425. The van der Waals surface area contributed by atoms with Crippen molar-refractivity contribution in [3.8, 4) is 11.5 Å². The minimum Gasteiger partial charge on any atom is -0.334 e. The molecule has 4 nitrogen and oxygen atoms in total. The minimum atomic E-state index is 0.537. The fourth-order valence-electron chi connectivity index (χ4n) is 0.909. The van der Waals surface area contributed by atoms with E-state index in [0.717, 1.165) is 5.56 Å². The number of nitrogens with zero attached hydrogens (tertiary/aromatic N) is 3. The normalized spacial score (nSPS) is 10.1. The zero-order chi connectivity index (χ0) is 8.39. The van der Waals surface area contributed by atoms with Gasteiger partial charge in [0.25, 0.3) is 5.89 Å². The Hall–Kier alpha value is -1.71. The van der Waals surface area contributed by atoms with Crippen LogP contribution in [-0.4, -0.2) is 15.1 Å². The van der Waals surface area contributed by atoms with Crippen molar-refractivity contribution in [1.82, 2.24) is 15.1 Å². The van der Waals surface area contributed by atoms with E-state index in [9.17, 15) is 0 Å². The highest BCUT2D eigenvalue weighted by Gasteiger charge is 2.03. The van der Waals surface area contributed by atoms with Gasteiger partial charge in [-0.15, -0.1) is 0 Å². The lowest BCUT2D eigenvalue weighted by Gasteiger charge is -1.89. The Morgan fingerprint density at radius 2 is 2.00 bits per heavy atom. The predicted octanol–water partition coefficient (Wildman–Crippen LogP) is 1.44. The van der Waals surface area contributed by atoms with E-state index in [4.69, 9.17) is 4.52 Å². The topological polar surface area (TPSA) is 51.8 Å². The van der Waals surface area contributed by atoms with Crippen LogP contribution in [0.5, 0.6) is 0 Å². The Labute approximate surface area is 69.3 Å². The maximum atomic E-state index is 4.96. The van der Waals surface area contributed by atoms with Gasteiger partial charge in [-0.05, 0) is 19.1 Å². The Balaban J connectivity index is 2.45. The summed E-state index contributed by atoms with van der Waals surface area (Å²) in [5.41, 5.74) is 0.894. The maximum absolute atomic E-state index is 4.96. The fourth-order valence-corrected chi connectivity index (χ4v) is 0.909. The van der Waals surface area contributed by atoms with Gasteiger partial charge >= 0.3 is 0 Å². The van der Waals surface area contributed by atoms with E-state index in [1.165, 1.54) is 0 Å². The lowest BCUT2D eigenvalue weighted by Crippen LogP contribution is -1.77. The van der Waals surface area contributed by atoms with Gasteiger partial charge in [-0.3, -0.25) is 4.98 Å². The van der Waals surface area contributed by atoms with Crippen molar-refractivity contribution >= 4 is 0 Å². The zero-order valence-corrected chi connectivity index (χ0v) is 6.56. The summed E-state index contributed by atoms with van der Waals surface area (Å²) in [6.07, 6.45) is 3.38. The molecular weight excluding hydrogens is 154 g/mol. The molecule has 0 saturated carbocycles. The predicted molar refractivity (Wildman–Crippen MR) is 42.3 cm³/mol. The van der Waals surface area contributed by atoms with Crippen molar-refractivity contribution in [2.75, 3.05) is 0 Å². The van der Waals surface area contributed by atoms with Crippen molar-refractivity contribution in [2.45, 2.75) is 6.92 Å². The Morgan fingerprint density at radius 1 is 1.25 bits per heavy atom. The summed E-state index contributed by atoms with van der Waals surface area (Å²) in [7, 11) is 0. The molecule has 2 heterocycles. The number of hydrogen-bond donors (Lipinski definition) is 0. The van der Waals surface area contributed by atoms with Gasteiger partial charge in [0.2, 0.25) is 0 Å². The minimum absolute atomic E-state index is 0.537. The van der Waals surface area contributed by atoms with Crippen LogP contribution >= 0.6 is 0 Å². The largest absolute Gasteiger partial charge is 0.334 e. The molecule has 12 heavy (non-hydrogen) atoms. The first kappa shape index (κ1) is 6.97. The van der Waals surface area contributed by atoms with E-state index < -0.39 is 0 Å². The van der Waals surface area contributed by atoms with E-state index in [1.54, 1.807) is 19.3 Å². The van der Waals surface area contributed by atoms with Gasteiger partial charge in [0, 0.05) is 18.0 Å². The van der Waals surface area contributed by atoms with Crippen LogP contribution in [0.3, 0.4) is 0 Å². The van der Waals surface area contributed by atoms with E-state index in [0.29, 0.717) is 11.7 Å². The van der Waals surface area contributed by atoms with Crippen LogP contribution in [0.4, 0.5) is 0 Å². The second-order valence-electron chi connectivity index (χ2n) is 2.38. The average Bonchev–Trinajstić information content (AvgIpc) is 2.54. The first-order chi connectivity index (χ1) is 5.86. The summed E-state index contributed by atoms with van der Waals surface area (Å²) in [6, 6.07) is 3.65. The highest BCUT2D eigenvalue weighted by molar-refractivity contribution is 5.50. The summed E-state index contributed by atoms with van der Waals surface area (Å²) in [5.74, 6) is 1.18. The quantitative estimate of drug-likeness (QED) is 0.635. The molecule has 2 aromatic heterocycles. The molecule has 0 radical (unpaired) electrons. The molecule has 2 aromatic rings. The third-order valence-corrected chi connectivity index (χ3v) is 1.45. The average molecular weight is 161 g/mol. The number of aryl methyl sites for hydroxylation is 1. The molecule has 0 aromatic carbocycles. The third kappa shape index (κ3) is 1.18. The molecule has 0 aliphatic carbocycles. The zero-order valence-electron chi connectivity index (χ0n) is 6.56. The van der Waals surface area contributed by atoms with Crippen molar-refractivity contribution in [3.05, 3.63) is 30.4 Å². The fraction of sp³-hybridized carbons (Fsp3) is 0.125. The van der Waals surface area contributed by atoms with Crippen molar-refractivity contribution in [1.29, 1.82) is 0 Å². The Kier molecular flexibility index (Phi) is 1.59. The summed E-state index contributed by atoms with van der Waals surface area (Å²) < 4.78 is 4.96. The smallest absolute Gasteiger partial charge is 0.258 e. The Bertz CT molecular complexity index is 369. The van der Waals surface area contributed by atoms with E-state index in [1.807, 2.05) is 12.1 Å². The van der Waals surface area contributed by atoms with Crippen molar-refractivity contribution in [3.63, 3.8) is 0 Å². The number of aromatic nitrogens is 3. The second kappa shape index (κ2) is 2.73. The number of pyridine rings is 1.